The number of aromatic nitrogens is 1. The van der Waals surface area contributed by atoms with E-state index in [1.807, 2.05) is 66.7 Å². The van der Waals surface area contributed by atoms with Crippen molar-refractivity contribution in [3.63, 3.8) is 0 Å². The number of benzene rings is 2. The van der Waals surface area contributed by atoms with Crippen LogP contribution in [0.5, 0.6) is 5.75 Å². The fraction of sp³-hybridized carbons (Fsp3) is 0.240. The fourth-order valence-corrected chi connectivity index (χ4v) is 2.87. The molecule has 2 aromatic carbocycles. The third-order valence-electron chi connectivity index (χ3n) is 4.72. The Morgan fingerprint density at radius 2 is 1.71 bits per heavy atom. The number of hydrogen-bond acceptors (Lipinski definition) is 4. The Balaban J connectivity index is 1.78. The quantitative estimate of drug-likeness (QED) is 0.463. The van der Waals surface area contributed by atoms with Crippen LogP contribution in [0.15, 0.2) is 77.9 Å². The second kappa shape index (κ2) is 9.89. The number of pyridine rings is 1. The average Bonchev–Trinajstić information content (AvgIpc) is 2.78. The minimum atomic E-state index is -0.235. The molecule has 0 spiro atoms. The fourth-order valence-electron chi connectivity index (χ4n) is 2.87. The smallest absolute Gasteiger partial charge is 0.257 e. The first-order chi connectivity index (χ1) is 14.8. The number of hydrogen-bond donors (Lipinski definition) is 2. The van der Waals surface area contributed by atoms with Crippen molar-refractivity contribution in [1.29, 1.82) is 0 Å². The number of nitrogens with one attached hydrogen (secondary N) is 2. The van der Waals surface area contributed by atoms with Gasteiger partial charge in [-0.2, -0.15) is 0 Å². The van der Waals surface area contributed by atoms with Gasteiger partial charge in [0.05, 0.1) is 19.3 Å². The number of methoxy groups -OCH3 is 1. The van der Waals surface area contributed by atoms with E-state index in [9.17, 15) is 4.79 Å². The van der Waals surface area contributed by atoms with Crippen molar-refractivity contribution >= 4 is 17.6 Å². The van der Waals surface area contributed by atoms with Gasteiger partial charge in [-0.05, 0) is 59.5 Å². The summed E-state index contributed by atoms with van der Waals surface area (Å²) < 4.78 is 5.20. The van der Waals surface area contributed by atoms with Gasteiger partial charge in [0.1, 0.15) is 5.75 Å². The first kappa shape index (κ1) is 22.0. The molecule has 3 rings (SSSR count). The molecule has 0 aliphatic carbocycles. The van der Waals surface area contributed by atoms with E-state index in [0.717, 1.165) is 17.1 Å². The maximum absolute atomic E-state index is 12.9. The lowest BCUT2D eigenvalue weighted by Crippen LogP contribution is -2.36. The van der Waals surface area contributed by atoms with Crippen LogP contribution in [0.1, 0.15) is 42.4 Å². The van der Waals surface area contributed by atoms with Crippen LogP contribution < -0.4 is 15.4 Å². The summed E-state index contributed by atoms with van der Waals surface area (Å²) in [5.74, 6) is 0.863. The van der Waals surface area contributed by atoms with Crippen molar-refractivity contribution in [1.82, 2.24) is 10.3 Å². The van der Waals surface area contributed by atoms with Gasteiger partial charge in [-0.15, -0.1) is 0 Å². The van der Waals surface area contributed by atoms with E-state index < -0.39 is 0 Å². The summed E-state index contributed by atoms with van der Waals surface area (Å²) in [5, 5.41) is 6.05. The van der Waals surface area contributed by atoms with Gasteiger partial charge in [0.15, 0.2) is 0 Å². The van der Waals surface area contributed by atoms with Gasteiger partial charge in [0.2, 0.25) is 5.96 Å². The predicted octanol–water partition coefficient (Wildman–Crippen LogP) is 4.79. The Labute approximate surface area is 183 Å². The van der Waals surface area contributed by atoms with Crippen LogP contribution in [0.25, 0.3) is 0 Å². The number of rotatable bonds is 5. The van der Waals surface area contributed by atoms with Crippen LogP contribution in [-0.2, 0) is 12.0 Å². The highest BCUT2D eigenvalue weighted by atomic mass is 16.5. The van der Waals surface area contributed by atoms with Crippen LogP contribution in [0.3, 0.4) is 0 Å². The summed E-state index contributed by atoms with van der Waals surface area (Å²) in [6.07, 6.45) is 1.72. The molecule has 0 unspecified atom stereocenters. The van der Waals surface area contributed by atoms with Crippen molar-refractivity contribution < 1.29 is 9.53 Å². The molecule has 6 heteroatoms. The van der Waals surface area contributed by atoms with Crippen LogP contribution in [0.4, 0.5) is 5.69 Å². The summed E-state index contributed by atoms with van der Waals surface area (Å²) in [4.78, 5) is 21.7. The Hall–Kier alpha value is -3.67. The number of ether oxygens (including phenoxy) is 1. The lowest BCUT2D eigenvalue weighted by Gasteiger charge is -2.19. The van der Waals surface area contributed by atoms with E-state index in [0.29, 0.717) is 18.1 Å². The zero-order valence-electron chi connectivity index (χ0n) is 18.3. The van der Waals surface area contributed by atoms with Crippen LogP contribution in [-0.4, -0.2) is 24.0 Å². The standard InChI is InChI=1S/C25H28N4O2/c1-25(2,3)19-10-8-18(9-11-19)23(30)29-24(27-17-21-7-5-6-16-26-21)28-20-12-14-22(31-4)15-13-20/h5-16H,17H2,1-4H3,(H2,27,28,29,30). The number of nitrogens with zero attached hydrogens (tertiary/aromatic N) is 2. The molecular weight excluding hydrogens is 388 g/mol. The van der Waals surface area contributed by atoms with Crippen LogP contribution >= 0.6 is 0 Å². The van der Waals surface area contributed by atoms with Gasteiger partial charge in [-0.3, -0.25) is 15.1 Å². The summed E-state index contributed by atoms with van der Waals surface area (Å²) in [6, 6.07) is 20.7. The van der Waals surface area contributed by atoms with E-state index in [1.54, 1.807) is 13.3 Å². The van der Waals surface area contributed by atoms with Gasteiger partial charge < -0.3 is 10.1 Å². The second-order valence-corrected chi connectivity index (χ2v) is 8.12. The van der Waals surface area contributed by atoms with Crippen molar-refractivity contribution in [3.8, 4) is 5.75 Å². The third-order valence-corrected chi connectivity index (χ3v) is 4.72. The maximum Gasteiger partial charge on any atom is 0.257 e. The molecule has 0 saturated heterocycles. The lowest BCUT2D eigenvalue weighted by atomic mass is 9.87. The van der Waals surface area contributed by atoms with E-state index in [1.165, 1.54) is 5.56 Å². The summed E-state index contributed by atoms with van der Waals surface area (Å²) in [5.41, 5.74) is 3.35. The molecule has 3 aromatic rings. The van der Waals surface area contributed by atoms with E-state index in [4.69, 9.17) is 4.74 Å². The molecule has 1 amide bonds. The minimum absolute atomic E-state index is 0.0280. The van der Waals surface area contributed by atoms with Gasteiger partial charge in [0, 0.05) is 17.4 Å². The molecule has 0 aliphatic heterocycles. The SMILES string of the molecule is COc1ccc(NC(=NCc2ccccn2)NC(=O)c2ccc(C(C)(C)C)cc2)cc1. The number of carbonyl (C=O) groups is 1. The monoisotopic (exact) mass is 416 g/mol. The Morgan fingerprint density at radius 1 is 1.00 bits per heavy atom. The lowest BCUT2D eigenvalue weighted by molar-refractivity contribution is 0.0977. The molecule has 0 atom stereocenters. The van der Waals surface area contributed by atoms with E-state index in [2.05, 4.69) is 41.4 Å². The largest absolute Gasteiger partial charge is 0.497 e. The Bertz CT molecular complexity index is 1020. The summed E-state index contributed by atoms with van der Waals surface area (Å²) >= 11 is 0. The molecule has 0 fully saturated rings. The molecule has 1 heterocycles. The van der Waals surface area contributed by atoms with Gasteiger partial charge in [0.25, 0.3) is 5.91 Å². The predicted molar refractivity (Wildman–Crippen MR) is 125 cm³/mol. The molecule has 2 N–H and O–H groups in total. The average molecular weight is 417 g/mol. The first-order valence-corrected chi connectivity index (χ1v) is 10.1. The van der Waals surface area contributed by atoms with E-state index >= 15 is 0 Å². The number of anilines is 1. The molecule has 6 nitrogen and oxygen atoms in total. The molecule has 1 aromatic heterocycles. The minimum Gasteiger partial charge on any atom is -0.497 e. The summed E-state index contributed by atoms with van der Waals surface area (Å²) in [6.45, 7) is 6.76. The van der Waals surface area contributed by atoms with E-state index in [-0.39, 0.29) is 11.3 Å². The highest BCUT2D eigenvalue weighted by Gasteiger charge is 2.15. The van der Waals surface area contributed by atoms with Crippen molar-refractivity contribution in [3.05, 3.63) is 89.7 Å². The number of aliphatic imine (C=N–C) groups is 1. The Kier molecular flexibility index (Phi) is 7.03. The number of amides is 1. The Morgan fingerprint density at radius 3 is 2.29 bits per heavy atom. The normalized spacial score (nSPS) is 11.7. The zero-order valence-corrected chi connectivity index (χ0v) is 18.3. The maximum atomic E-state index is 12.9. The number of carbonyl (C=O) groups excluding carboxylic acids is 1. The zero-order chi connectivity index (χ0) is 22.3. The second-order valence-electron chi connectivity index (χ2n) is 8.12. The highest BCUT2D eigenvalue weighted by molar-refractivity contribution is 6.09. The summed E-state index contributed by atoms with van der Waals surface area (Å²) in [7, 11) is 1.62. The van der Waals surface area contributed by atoms with Gasteiger partial charge in [-0.25, -0.2) is 4.99 Å². The first-order valence-electron chi connectivity index (χ1n) is 10.1. The number of guanidine groups is 1. The molecule has 160 valence electrons. The highest BCUT2D eigenvalue weighted by Crippen LogP contribution is 2.22. The van der Waals surface area contributed by atoms with Crippen LogP contribution in [0.2, 0.25) is 0 Å². The van der Waals surface area contributed by atoms with Gasteiger partial charge in [-0.1, -0.05) is 39.0 Å². The molecule has 0 radical (unpaired) electrons. The van der Waals surface area contributed by atoms with Crippen molar-refractivity contribution in [2.45, 2.75) is 32.7 Å². The molecule has 0 aliphatic rings. The topological polar surface area (TPSA) is 75.6 Å². The molecule has 0 bridgehead atoms. The van der Waals surface area contributed by atoms with Crippen LogP contribution in [0, 0.1) is 0 Å². The van der Waals surface area contributed by atoms with Gasteiger partial charge >= 0.3 is 0 Å². The molecule has 0 saturated carbocycles. The third kappa shape index (κ3) is 6.40. The van der Waals surface area contributed by atoms with Crippen molar-refractivity contribution in [2.24, 2.45) is 4.99 Å². The molecular formula is C25H28N4O2. The molecule has 31 heavy (non-hydrogen) atoms. The van der Waals surface area contributed by atoms with Crippen molar-refractivity contribution in [2.75, 3.05) is 12.4 Å².